The number of aryl methyl sites for hydroxylation is 1. The molecule has 1 aromatic heterocycles. The van der Waals surface area contributed by atoms with Gasteiger partial charge in [0.15, 0.2) is 12.0 Å². The van der Waals surface area contributed by atoms with Crippen molar-refractivity contribution < 1.29 is 14.0 Å². The van der Waals surface area contributed by atoms with E-state index in [2.05, 4.69) is 0 Å². The first-order valence-corrected chi connectivity index (χ1v) is 6.45. The second-order valence-corrected chi connectivity index (χ2v) is 4.77. The minimum absolute atomic E-state index is 0.0906. The Morgan fingerprint density at radius 2 is 1.95 bits per heavy atom. The largest absolute Gasteiger partial charge is 0.453 e. The van der Waals surface area contributed by atoms with Crippen LogP contribution in [-0.2, 0) is 11.2 Å². The average Bonchev–Trinajstić information content (AvgIpc) is 2.93. The topological polar surface area (TPSA) is 50.5 Å². The normalized spacial score (nSPS) is 10.3. The Kier molecular flexibility index (Phi) is 4.35. The first-order valence-electron chi connectivity index (χ1n) is 6.45. The summed E-state index contributed by atoms with van der Waals surface area (Å²) >= 11 is 0. The van der Waals surface area contributed by atoms with Gasteiger partial charge in [-0.05, 0) is 24.1 Å². The number of benzene rings is 1. The molecule has 0 spiro atoms. The summed E-state index contributed by atoms with van der Waals surface area (Å²) in [4.78, 5) is 23.9. The molecule has 0 fully saturated rings. The third-order valence-corrected chi connectivity index (χ3v) is 3.13. The standard InChI is InChI=1S/C16H17NO3/c1-17(2)16(19)10-7-12-5-3-4-6-14(12)15-9-8-13(11-18)20-15/h3-6,8-9,11H,7,10H2,1-2H3. The van der Waals surface area contributed by atoms with Gasteiger partial charge in [0.25, 0.3) is 0 Å². The fourth-order valence-corrected chi connectivity index (χ4v) is 2.00. The number of hydrogen-bond donors (Lipinski definition) is 0. The molecular formula is C16H17NO3. The zero-order valence-electron chi connectivity index (χ0n) is 11.6. The number of hydrogen-bond acceptors (Lipinski definition) is 3. The summed E-state index contributed by atoms with van der Waals surface area (Å²) in [6.07, 6.45) is 1.78. The van der Waals surface area contributed by atoms with E-state index >= 15 is 0 Å². The van der Waals surface area contributed by atoms with E-state index in [-0.39, 0.29) is 5.91 Å². The van der Waals surface area contributed by atoms with Crippen molar-refractivity contribution in [1.29, 1.82) is 0 Å². The van der Waals surface area contributed by atoms with Gasteiger partial charge in [0.1, 0.15) is 5.76 Å². The molecule has 1 amide bonds. The van der Waals surface area contributed by atoms with Gasteiger partial charge in [-0.3, -0.25) is 9.59 Å². The van der Waals surface area contributed by atoms with Gasteiger partial charge >= 0.3 is 0 Å². The number of amides is 1. The summed E-state index contributed by atoms with van der Waals surface area (Å²) < 4.78 is 5.45. The highest BCUT2D eigenvalue weighted by molar-refractivity contribution is 5.77. The minimum Gasteiger partial charge on any atom is -0.453 e. The van der Waals surface area contributed by atoms with Crippen molar-refractivity contribution in [2.24, 2.45) is 0 Å². The SMILES string of the molecule is CN(C)C(=O)CCc1ccccc1-c1ccc(C=O)o1. The van der Waals surface area contributed by atoms with Gasteiger partial charge in [0.05, 0.1) is 0 Å². The molecule has 0 aliphatic heterocycles. The van der Waals surface area contributed by atoms with Gasteiger partial charge in [-0.1, -0.05) is 24.3 Å². The van der Waals surface area contributed by atoms with Crippen LogP contribution in [0.2, 0.25) is 0 Å². The van der Waals surface area contributed by atoms with Crippen LogP contribution in [0, 0.1) is 0 Å². The molecule has 20 heavy (non-hydrogen) atoms. The summed E-state index contributed by atoms with van der Waals surface area (Å²) in [5, 5.41) is 0. The molecule has 0 unspecified atom stereocenters. The number of aldehydes is 1. The molecule has 2 aromatic rings. The zero-order valence-corrected chi connectivity index (χ0v) is 11.6. The van der Waals surface area contributed by atoms with Crippen LogP contribution in [0.3, 0.4) is 0 Å². The van der Waals surface area contributed by atoms with E-state index in [1.165, 1.54) is 0 Å². The number of furan rings is 1. The Morgan fingerprint density at radius 3 is 2.60 bits per heavy atom. The molecular weight excluding hydrogens is 254 g/mol. The molecule has 0 atom stereocenters. The van der Waals surface area contributed by atoms with E-state index in [1.54, 1.807) is 31.1 Å². The molecule has 0 bridgehead atoms. The number of nitrogens with zero attached hydrogens (tertiary/aromatic N) is 1. The fraction of sp³-hybridized carbons (Fsp3) is 0.250. The van der Waals surface area contributed by atoms with E-state index < -0.39 is 0 Å². The third-order valence-electron chi connectivity index (χ3n) is 3.13. The van der Waals surface area contributed by atoms with Gasteiger partial charge in [0, 0.05) is 26.1 Å². The number of carbonyl (C=O) groups is 2. The fourth-order valence-electron chi connectivity index (χ4n) is 2.00. The van der Waals surface area contributed by atoms with E-state index in [4.69, 9.17) is 4.42 Å². The Labute approximate surface area is 118 Å². The quantitative estimate of drug-likeness (QED) is 0.786. The van der Waals surface area contributed by atoms with Crippen LogP contribution in [-0.4, -0.2) is 31.2 Å². The molecule has 4 nitrogen and oxygen atoms in total. The monoisotopic (exact) mass is 271 g/mol. The van der Waals surface area contributed by atoms with Gasteiger partial charge in [0.2, 0.25) is 5.91 Å². The molecule has 104 valence electrons. The second kappa shape index (κ2) is 6.19. The van der Waals surface area contributed by atoms with Crippen molar-refractivity contribution in [3.63, 3.8) is 0 Å². The molecule has 1 heterocycles. The molecule has 0 aliphatic rings. The summed E-state index contributed by atoms with van der Waals surface area (Å²) in [6, 6.07) is 11.2. The van der Waals surface area contributed by atoms with Crippen molar-refractivity contribution in [3.8, 4) is 11.3 Å². The van der Waals surface area contributed by atoms with Crippen LogP contribution in [0.25, 0.3) is 11.3 Å². The predicted octanol–water partition coefficient (Wildman–Crippen LogP) is 2.78. The predicted molar refractivity (Wildman–Crippen MR) is 76.5 cm³/mol. The molecule has 0 radical (unpaired) electrons. The van der Waals surface area contributed by atoms with Crippen LogP contribution in [0.5, 0.6) is 0 Å². The summed E-state index contributed by atoms with van der Waals surface area (Å²) in [6.45, 7) is 0. The Morgan fingerprint density at radius 1 is 1.20 bits per heavy atom. The maximum Gasteiger partial charge on any atom is 0.222 e. The third kappa shape index (κ3) is 3.15. The lowest BCUT2D eigenvalue weighted by Gasteiger charge is -2.11. The molecule has 1 aromatic carbocycles. The van der Waals surface area contributed by atoms with Crippen LogP contribution in [0.1, 0.15) is 22.5 Å². The van der Waals surface area contributed by atoms with Crippen LogP contribution in [0.4, 0.5) is 0 Å². The van der Waals surface area contributed by atoms with E-state index in [1.807, 2.05) is 24.3 Å². The van der Waals surface area contributed by atoms with Crippen molar-refractivity contribution in [2.75, 3.05) is 14.1 Å². The van der Waals surface area contributed by atoms with Crippen LogP contribution < -0.4 is 0 Å². The molecule has 0 saturated carbocycles. The van der Waals surface area contributed by atoms with E-state index in [0.717, 1.165) is 11.1 Å². The minimum atomic E-state index is 0.0906. The number of rotatable bonds is 5. The van der Waals surface area contributed by atoms with Gasteiger partial charge in [-0.25, -0.2) is 0 Å². The summed E-state index contributed by atoms with van der Waals surface area (Å²) in [7, 11) is 3.49. The lowest BCUT2D eigenvalue weighted by Crippen LogP contribution is -2.21. The summed E-state index contributed by atoms with van der Waals surface area (Å²) in [5.41, 5.74) is 1.96. The smallest absolute Gasteiger partial charge is 0.222 e. The van der Waals surface area contributed by atoms with Crippen molar-refractivity contribution in [2.45, 2.75) is 12.8 Å². The maximum absolute atomic E-state index is 11.7. The van der Waals surface area contributed by atoms with Crippen LogP contribution >= 0.6 is 0 Å². The van der Waals surface area contributed by atoms with E-state index in [9.17, 15) is 9.59 Å². The number of carbonyl (C=O) groups excluding carboxylic acids is 2. The Bertz CT molecular complexity index is 614. The lowest BCUT2D eigenvalue weighted by molar-refractivity contribution is -0.128. The molecule has 2 rings (SSSR count). The molecule has 4 heteroatoms. The van der Waals surface area contributed by atoms with Gasteiger partial charge in [-0.2, -0.15) is 0 Å². The molecule has 0 N–H and O–H groups in total. The van der Waals surface area contributed by atoms with E-state index in [0.29, 0.717) is 30.6 Å². The molecule has 0 saturated heterocycles. The zero-order chi connectivity index (χ0) is 14.5. The second-order valence-electron chi connectivity index (χ2n) is 4.77. The summed E-state index contributed by atoms with van der Waals surface area (Å²) in [5.74, 6) is 1.05. The molecule has 0 aliphatic carbocycles. The lowest BCUT2D eigenvalue weighted by atomic mass is 10.0. The highest BCUT2D eigenvalue weighted by Crippen LogP contribution is 2.26. The Balaban J connectivity index is 2.22. The van der Waals surface area contributed by atoms with Gasteiger partial charge in [-0.15, -0.1) is 0 Å². The van der Waals surface area contributed by atoms with Crippen molar-refractivity contribution >= 4 is 12.2 Å². The first-order chi connectivity index (χ1) is 9.61. The van der Waals surface area contributed by atoms with Crippen molar-refractivity contribution in [3.05, 3.63) is 47.7 Å². The van der Waals surface area contributed by atoms with Gasteiger partial charge < -0.3 is 9.32 Å². The maximum atomic E-state index is 11.7. The first kappa shape index (κ1) is 14.1. The van der Waals surface area contributed by atoms with Crippen molar-refractivity contribution in [1.82, 2.24) is 4.90 Å². The highest BCUT2D eigenvalue weighted by Gasteiger charge is 2.11. The highest BCUT2D eigenvalue weighted by atomic mass is 16.3. The Hall–Kier alpha value is -2.36. The van der Waals surface area contributed by atoms with Crippen LogP contribution in [0.15, 0.2) is 40.8 Å². The average molecular weight is 271 g/mol.